The lowest BCUT2D eigenvalue weighted by molar-refractivity contribution is 0.845. The summed E-state index contributed by atoms with van der Waals surface area (Å²) in [4.78, 5) is 0. The van der Waals surface area contributed by atoms with Crippen LogP contribution in [0.15, 0.2) is 60.4 Å². The first-order valence-corrected chi connectivity index (χ1v) is 5.43. The number of hydrazone groups is 1. The molecule has 0 unspecified atom stereocenters. The van der Waals surface area contributed by atoms with E-state index in [9.17, 15) is 0 Å². The third-order valence-electron chi connectivity index (χ3n) is 2.22. The number of rotatable bonds is 6. The van der Waals surface area contributed by atoms with Crippen molar-refractivity contribution in [3.63, 3.8) is 0 Å². The minimum Gasteiger partial charge on any atom is -0.283 e. The SMILES string of the molecule is C=C/C(CC)=N/NC(=C)Cc1ccccc1. The van der Waals surface area contributed by atoms with Crippen molar-refractivity contribution in [1.29, 1.82) is 0 Å². The van der Waals surface area contributed by atoms with E-state index in [2.05, 4.69) is 35.8 Å². The Morgan fingerprint density at radius 1 is 1.38 bits per heavy atom. The van der Waals surface area contributed by atoms with Crippen molar-refractivity contribution < 1.29 is 0 Å². The summed E-state index contributed by atoms with van der Waals surface area (Å²) in [6.45, 7) is 9.68. The quantitative estimate of drug-likeness (QED) is 0.570. The molecule has 1 rings (SSSR count). The van der Waals surface area contributed by atoms with Crippen molar-refractivity contribution in [3.8, 4) is 0 Å². The summed E-state index contributed by atoms with van der Waals surface area (Å²) in [6, 6.07) is 10.2. The van der Waals surface area contributed by atoms with E-state index in [1.165, 1.54) is 5.56 Å². The highest BCUT2D eigenvalue weighted by molar-refractivity contribution is 5.94. The van der Waals surface area contributed by atoms with Crippen LogP contribution >= 0.6 is 0 Å². The number of nitrogens with zero attached hydrogens (tertiary/aromatic N) is 1. The van der Waals surface area contributed by atoms with E-state index in [1.807, 2.05) is 25.1 Å². The highest BCUT2D eigenvalue weighted by Gasteiger charge is 1.95. The largest absolute Gasteiger partial charge is 0.283 e. The van der Waals surface area contributed by atoms with Crippen molar-refractivity contribution >= 4 is 5.71 Å². The Labute approximate surface area is 97.4 Å². The van der Waals surface area contributed by atoms with Crippen LogP contribution in [-0.2, 0) is 6.42 Å². The fourth-order valence-corrected chi connectivity index (χ4v) is 1.30. The summed E-state index contributed by atoms with van der Waals surface area (Å²) in [5, 5.41) is 4.21. The standard InChI is InChI=1S/C14H18N2/c1-4-14(5-2)16-15-12(3)11-13-9-7-6-8-10-13/h4,6-10,15H,1,3,5,11H2,2H3/b16-14-. The lowest BCUT2D eigenvalue weighted by Crippen LogP contribution is -2.09. The molecule has 1 aromatic carbocycles. The minimum absolute atomic E-state index is 0.790. The number of hydrogen-bond donors (Lipinski definition) is 1. The topological polar surface area (TPSA) is 24.4 Å². The van der Waals surface area contributed by atoms with Crippen LogP contribution < -0.4 is 5.43 Å². The van der Waals surface area contributed by atoms with Gasteiger partial charge in [0.05, 0.1) is 5.71 Å². The van der Waals surface area contributed by atoms with Gasteiger partial charge in [0.2, 0.25) is 0 Å². The first-order chi connectivity index (χ1) is 7.76. The van der Waals surface area contributed by atoms with Gasteiger partial charge in [0.15, 0.2) is 0 Å². The molecule has 16 heavy (non-hydrogen) atoms. The molecule has 0 heterocycles. The highest BCUT2D eigenvalue weighted by Crippen LogP contribution is 2.03. The molecule has 0 atom stereocenters. The summed E-state index contributed by atoms with van der Waals surface area (Å²) in [5.74, 6) is 0. The number of nitrogens with one attached hydrogen (secondary N) is 1. The smallest absolute Gasteiger partial charge is 0.0598 e. The predicted molar refractivity (Wildman–Crippen MR) is 70.3 cm³/mol. The molecule has 84 valence electrons. The van der Waals surface area contributed by atoms with E-state index in [-0.39, 0.29) is 0 Å². The van der Waals surface area contributed by atoms with E-state index in [0.29, 0.717) is 0 Å². The highest BCUT2D eigenvalue weighted by atomic mass is 15.3. The van der Waals surface area contributed by atoms with Gasteiger partial charge < -0.3 is 0 Å². The van der Waals surface area contributed by atoms with Crippen molar-refractivity contribution in [1.82, 2.24) is 5.43 Å². The monoisotopic (exact) mass is 214 g/mol. The van der Waals surface area contributed by atoms with Crippen LogP contribution in [0, 0.1) is 0 Å². The molecular weight excluding hydrogens is 196 g/mol. The van der Waals surface area contributed by atoms with Gasteiger partial charge in [-0.3, -0.25) is 5.43 Å². The van der Waals surface area contributed by atoms with Gasteiger partial charge in [0, 0.05) is 12.1 Å². The normalized spacial score (nSPS) is 10.9. The Kier molecular flexibility index (Phi) is 5.06. The molecule has 0 spiro atoms. The maximum Gasteiger partial charge on any atom is 0.0598 e. The predicted octanol–water partition coefficient (Wildman–Crippen LogP) is 3.28. The Morgan fingerprint density at radius 2 is 2.06 bits per heavy atom. The van der Waals surface area contributed by atoms with Crippen LogP contribution in [-0.4, -0.2) is 5.71 Å². The van der Waals surface area contributed by atoms with Crippen LogP contribution in [0.25, 0.3) is 0 Å². The molecule has 0 aliphatic rings. The van der Waals surface area contributed by atoms with Crippen LogP contribution in [0.5, 0.6) is 0 Å². The van der Waals surface area contributed by atoms with Gasteiger partial charge in [-0.2, -0.15) is 5.10 Å². The van der Waals surface area contributed by atoms with E-state index >= 15 is 0 Å². The van der Waals surface area contributed by atoms with Crippen LogP contribution in [0.3, 0.4) is 0 Å². The second-order valence-electron chi connectivity index (χ2n) is 3.54. The Hall–Kier alpha value is -1.83. The zero-order valence-electron chi connectivity index (χ0n) is 9.74. The molecule has 0 saturated heterocycles. The van der Waals surface area contributed by atoms with Crippen molar-refractivity contribution in [2.45, 2.75) is 19.8 Å². The lowest BCUT2D eigenvalue weighted by atomic mass is 10.1. The van der Waals surface area contributed by atoms with Gasteiger partial charge in [-0.15, -0.1) is 0 Å². The molecule has 0 aromatic heterocycles. The summed E-state index contributed by atoms with van der Waals surface area (Å²) in [6.07, 6.45) is 3.41. The van der Waals surface area contributed by atoms with Gasteiger partial charge in [-0.1, -0.05) is 50.4 Å². The van der Waals surface area contributed by atoms with E-state index < -0.39 is 0 Å². The number of hydrogen-bond acceptors (Lipinski definition) is 2. The molecular formula is C14H18N2. The minimum atomic E-state index is 0.790. The van der Waals surface area contributed by atoms with Gasteiger partial charge in [-0.05, 0) is 18.1 Å². The summed E-state index contributed by atoms with van der Waals surface area (Å²) >= 11 is 0. The average Bonchev–Trinajstić information content (AvgIpc) is 2.31. The molecule has 2 nitrogen and oxygen atoms in total. The summed E-state index contributed by atoms with van der Waals surface area (Å²) in [7, 11) is 0. The maximum atomic E-state index is 4.21. The second-order valence-corrected chi connectivity index (χ2v) is 3.54. The molecule has 0 amide bonds. The van der Waals surface area contributed by atoms with E-state index in [4.69, 9.17) is 0 Å². The fraction of sp³-hybridized carbons (Fsp3) is 0.214. The molecule has 0 saturated carbocycles. The maximum absolute atomic E-state index is 4.21. The fourth-order valence-electron chi connectivity index (χ4n) is 1.30. The molecule has 2 heteroatoms. The summed E-state index contributed by atoms with van der Waals surface area (Å²) < 4.78 is 0. The molecule has 0 bridgehead atoms. The zero-order chi connectivity index (χ0) is 11.8. The molecule has 0 fully saturated rings. The van der Waals surface area contributed by atoms with Gasteiger partial charge >= 0.3 is 0 Å². The molecule has 0 radical (unpaired) electrons. The molecule has 1 N–H and O–H groups in total. The Bertz CT molecular complexity index is 377. The third-order valence-corrected chi connectivity index (χ3v) is 2.22. The zero-order valence-corrected chi connectivity index (χ0v) is 9.74. The Balaban J connectivity index is 2.48. The molecule has 0 aliphatic carbocycles. The third kappa shape index (κ3) is 4.13. The van der Waals surface area contributed by atoms with Gasteiger partial charge in [-0.25, -0.2) is 0 Å². The van der Waals surface area contributed by atoms with E-state index in [1.54, 1.807) is 6.08 Å². The van der Waals surface area contributed by atoms with Gasteiger partial charge in [0.25, 0.3) is 0 Å². The lowest BCUT2D eigenvalue weighted by Gasteiger charge is -2.05. The van der Waals surface area contributed by atoms with Gasteiger partial charge in [0.1, 0.15) is 0 Å². The first-order valence-electron chi connectivity index (χ1n) is 5.43. The molecule has 0 aliphatic heterocycles. The van der Waals surface area contributed by atoms with Crippen molar-refractivity contribution in [3.05, 3.63) is 60.8 Å². The number of benzene rings is 1. The summed E-state index contributed by atoms with van der Waals surface area (Å²) in [5.41, 5.74) is 6.01. The van der Waals surface area contributed by atoms with Crippen LogP contribution in [0.4, 0.5) is 0 Å². The average molecular weight is 214 g/mol. The van der Waals surface area contributed by atoms with Crippen molar-refractivity contribution in [2.24, 2.45) is 5.10 Å². The van der Waals surface area contributed by atoms with Crippen molar-refractivity contribution in [2.75, 3.05) is 0 Å². The van der Waals surface area contributed by atoms with Crippen LogP contribution in [0.1, 0.15) is 18.9 Å². The van der Waals surface area contributed by atoms with Crippen LogP contribution in [0.2, 0.25) is 0 Å². The second kappa shape index (κ2) is 6.62. The first kappa shape index (κ1) is 12.2. The number of allylic oxidation sites excluding steroid dienone is 2. The van der Waals surface area contributed by atoms with E-state index in [0.717, 1.165) is 24.3 Å². The Morgan fingerprint density at radius 3 is 2.62 bits per heavy atom. The molecule has 1 aromatic rings.